The topological polar surface area (TPSA) is 75.9 Å². The van der Waals surface area contributed by atoms with Gasteiger partial charge in [-0.05, 0) is 25.3 Å². The molecule has 0 radical (unpaired) electrons. The van der Waals surface area contributed by atoms with Crippen LogP contribution >= 0.6 is 0 Å². The molecule has 1 aliphatic heterocycles. The second-order valence-electron chi connectivity index (χ2n) is 5.67. The van der Waals surface area contributed by atoms with Gasteiger partial charge in [-0.15, -0.1) is 0 Å². The molecule has 2 amide bonds. The van der Waals surface area contributed by atoms with Crippen LogP contribution in [0.1, 0.15) is 25.3 Å². The average Bonchev–Trinajstić information content (AvgIpc) is 2.61. The van der Waals surface area contributed by atoms with Crippen molar-refractivity contribution >= 4 is 12.0 Å². The Bertz CT molecular complexity index is 521. The molecule has 1 heterocycles. The zero-order chi connectivity index (χ0) is 16.7. The Morgan fingerprint density at radius 3 is 2.74 bits per heavy atom. The summed E-state index contributed by atoms with van der Waals surface area (Å²) in [6.45, 7) is 4.00. The molecular formula is C17H25N3O3. The number of rotatable bonds is 5. The zero-order valence-corrected chi connectivity index (χ0v) is 13.6. The van der Waals surface area contributed by atoms with Gasteiger partial charge >= 0.3 is 6.09 Å². The van der Waals surface area contributed by atoms with Gasteiger partial charge in [-0.2, -0.15) is 0 Å². The van der Waals surface area contributed by atoms with E-state index in [1.54, 1.807) is 9.80 Å². The van der Waals surface area contributed by atoms with Gasteiger partial charge < -0.3 is 20.3 Å². The smallest absolute Gasteiger partial charge is 0.410 e. The summed E-state index contributed by atoms with van der Waals surface area (Å²) in [5.41, 5.74) is 6.39. The highest BCUT2D eigenvalue weighted by Gasteiger charge is 2.30. The number of nitrogens with two attached hydrogens (primary N) is 1. The second kappa shape index (κ2) is 8.53. The molecule has 1 atom stereocenters. The number of likely N-dealkylation sites (tertiary alicyclic amines) is 1. The predicted octanol–water partition coefficient (Wildman–Crippen LogP) is 1.59. The molecule has 126 valence electrons. The van der Waals surface area contributed by atoms with Crippen LogP contribution in [0, 0.1) is 0 Å². The summed E-state index contributed by atoms with van der Waals surface area (Å²) in [4.78, 5) is 27.6. The molecule has 0 spiro atoms. The lowest BCUT2D eigenvalue weighted by atomic mass is 10.0. The van der Waals surface area contributed by atoms with E-state index in [4.69, 9.17) is 10.5 Å². The van der Waals surface area contributed by atoms with Crippen LogP contribution in [0.5, 0.6) is 0 Å². The van der Waals surface area contributed by atoms with Crippen molar-refractivity contribution in [2.24, 2.45) is 5.73 Å². The fourth-order valence-electron chi connectivity index (χ4n) is 2.90. The first-order chi connectivity index (χ1) is 11.2. The number of benzene rings is 1. The highest BCUT2D eigenvalue weighted by Crippen LogP contribution is 2.17. The van der Waals surface area contributed by atoms with Crippen LogP contribution < -0.4 is 5.73 Å². The second-order valence-corrected chi connectivity index (χ2v) is 5.67. The number of likely N-dealkylation sites (N-methyl/N-ethyl adjacent to an activating group) is 1. The van der Waals surface area contributed by atoms with Gasteiger partial charge in [-0.1, -0.05) is 30.3 Å². The normalized spacial score (nSPS) is 17.7. The fraction of sp³-hybridized carbons (Fsp3) is 0.529. The molecule has 6 heteroatoms. The molecule has 1 aliphatic rings. The van der Waals surface area contributed by atoms with Gasteiger partial charge in [0.05, 0.1) is 12.6 Å². The number of carbonyl (C=O) groups excluding carboxylic acids is 2. The van der Waals surface area contributed by atoms with Gasteiger partial charge in [0.15, 0.2) is 0 Å². The van der Waals surface area contributed by atoms with Crippen LogP contribution in [0.15, 0.2) is 30.3 Å². The lowest BCUT2D eigenvalue weighted by Crippen LogP contribution is -2.52. The van der Waals surface area contributed by atoms with Gasteiger partial charge in [0, 0.05) is 19.6 Å². The number of nitrogens with zero attached hydrogens (tertiary/aromatic N) is 2. The number of ether oxygens (including phenoxy) is 1. The molecule has 1 aromatic carbocycles. The van der Waals surface area contributed by atoms with Crippen LogP contribution in [0.25, 0.3) is 0 Å². The average molecular weight is 319 g/mol. The van der Waals surface area contributed by atoms with E-state index in [1.165, 1.54) is 0 Å². The molecule has 0 aromatic heterocycles. The minimum atomic E-state index is -0.330. The molecule has 0 saturated carbocycles. The van der Waals surface area contributed by atoms with Gasteiger partial charge in [-0.25, -0.2) is 4.79 Å². The van der Waals surface area contributed by atoms with E-state index >= 15 is 0 Å². The molecule has 23 heavy (non-hydrogen) atoms. The Hall–Kier alpha value is -2.08. The number of amides is 2. The third-order valence-electron chi connectivity index (χ3n) is 4.14. The van der Waals surface area contributed by atoms with Crippen LogP contribution in [-0.4, -0.2) is 54.0 Å². The van der Waals surface area contributed by atoms with Crippen LogP contribution in [0.3, 0.4) is 0 Å². The number of carbonyl (C=O) groups is 2. The quantitative estimate of drug-likeness (QED) is 0.894. The summed E-state index contributed by atoms with van der Waals surface area (Å²) >= 11 is 0. The van der Waals surface area contributed by atoms with Gasteiger partial charge in [0.1, 0.15) is 6.61 Å². The zero-order valence-electron chi connectivity index (χ0n) is 13.6. The standard InChI is InChI=1S/C17H25N3O3/c1-2-20(15-9-6-10-19(12-15)16(21)11-18)17(22)23-13-14-7-4-3-5-8-14/h3-5,7-8,15H,2,6,9-13,18H2,1H3/t15-/m0/s1. The third-order valence-corrected chi connectivity index (χ3v) is 4.14. The first-order valence-corrected chi connectivity index (χ1v) is 8.10. The molecule has 0 aliphatic carbocycles. The van der Waals surface area contributed by atoms with E-state index in [-0.39, 0.29) is 31.2 Å². The Morgan fingerprint density at radius 1 is 1.35 bits per heavy atom. The molecule has 1 aromatic rings. The summed E-state index contributed by atoms with van der Waals surface area (Å²) in [5, 5.41) is 0. The van der Waals surface area contributed by atoms with Crippen molar-refractivity contribution < 1.29 is 14.3 Å². The Labute approximate surface area is 137 Å². The maximum Gasteiger partial charge on any atom is 0.410 e. The van der Waals surface area contributed by atoms with Gasteiger partial charge in [0.2, 0.25) is 5.91 Å². The highest BCUT2D eigenvalue weighted by molar-refractivity contribution is 5.78. The minimum absolute atomic E-state index is 0.00692. The van der Waals surface area contributed by atoms with E-state index in [9.17, 15) is 9.59 Å². The Kier molecular flexibility index (Phi) is 6.40. The summed E-state index contributed by atoms with van der Waals surface area (Å²) in [6.07, 6.45) is 1.42. The van der Waals surface area contributed by atoms with E-state index < -0.39 is 0 Å². The maximum absolute atomic E-state index is 12.4. The molecule has 0 unspecified atom stereocenters. The molecule has 6 nitrogen and oxygen atoms in total. The molecule has 1 saturated heterocycles. The monoisotopic (exact) mass is 319 g/mol. The Balaban J connectivity index is 1.92. The van der Waals surface area contributed by atoms with E-state index in [1.807, 2.05) is 37.3 Å². The lowest BCUT2D eigenvalue weighted by molar-refractivity contribution is -0.131. The van der Waals surface area contributed by atoms with Crippen LogP contribution in [0.2, 0.25) is 0 Å². The fourth-order valence-corrected chi connectivity index (χ4v) is 2.90. The van der Waals surface area contributed by atoms with E-state index in [0.29, 0.717) is 19.6 Å². The summed E-state index contributed by atoms with van der Waals surface area (Å²) in [5.74, 6) is -0.0663. The number of hydrogen-bond donors (Lipinski definition) is 1. The van der Waals surface area contributed by atoms with Crippen molar-refractivity contribution in [1.82, 2.24) is 9.80 Å². The molecule has 2 N–H and O–H groups in total. The summed E-state index contributed by atoms with van der Waals surface area (Å²) in [6, 6.07) is 9.59. The Morgan fingerprint density at radius 2 is 2.09 bits per heavy atom. The van der Waals surface area contributed by atoms with Crippen molar-refractivity contribution in [1.29, 1.82) is 0 Å². The summed E-state index contributed by atoms with van der Waals surface area (Å²) < 4.78 is 5.42. The minimum Gasteiger partial charge on any atom is -0.445 e. The summed E-state index contributed by atoms with van der Waals surface area (Å²) in [7, 11) is 0. The number of piperidine rings is 1. The predicted molar refractivity (Wildman–Crippen MR) is 87.7 cm³/mol. The van der Waals surface area contributed by atoms with Crippen LogP contribution in [-0.2, 0) is 16.1 Å². The first kappa shape index (κ1) is 17.3. The van der Waals surface area contributed by atoms with Gasteiger partial charge in [-0.3, -0.25) is 4.79 Å². The molecule has 2 rings (SSSR count). The molecule has 0 bridgehead atoms. The highest BCUT2D eigenvalue weighted by atomic mass is 16.6. The molecular weight excluding hydrogens is 294 g/mol. The lowest BCUT2D eigenvalue weighted by Gasteiger charge is -2.38. The SMILES string of the molecule is CCN(C(=O)OCc1ccccc1)[C@H]1CCCN(C(=O)CN)C1. The van der Waals surface area contributed by atoms with Gasteiger partial charge in [0.25, 0.3) is 0 Å². The van der Waals surface area contributed by atoms with Crippen LogP contribution in [0.4, 0.5) is 4.79 Å². The third kappa shape index (κ3) is 4.69. The largest absolute Gasteiger partial charge is 0.445 e. The maximum atomic E-state index is 12.4. The van der Waals surface area contributed by atoms with Crippen molar-refractivity contribution in [2.45, 2.75) is 32.4 Å². The molecule has 1 fully saturated rings. The first-order valence-electron chi connectivity index (χ1n) is 8.10. The van der Waals surface area contributed by atoms with Crippen molar-refractivity contribution in [3.05, 3.63) is 35.9 Å². The van der Waals surface area contributed by atoms with Crippen molar-refractivity contribution in [3.8, 4) is 0 Å². The van der Waals surface area contributed by atoms with Crippen molar-refractivity contribution in [2.75, 3.05) is 26.2 Å². The van der Waals surface area contributed by atoms with E-state index in [2.05, 4.69) is 0 Å². The van der Waals surface area contributed by atoms with E-state index in [0.717, 1.165) is 18.4 Å². The van der Waals surface area contributed by atoms with Crippen molar-refractivity contribution in [3.63, 3.8) is 0 Å². The number of hydrogen-bond acceptors (Lipinski definition) is 4.